The number of carboxylic acid groups (broad SMARTS) is 1. The zero-order valence-corrected chi connectivity index (χ0v) is 8.81. The van der Waals surface area contributed by atoms with Crippen LogP contribution in [0.2, 0.25) is 0 Å². The molecule has 6 nitrogen and oxygen atoms in total. The Morgan fingerprint density at radius 1 is 1.53 bits per heavy atom. The summed E-state index contributed by atoms with van der Waals surface area (Å²) in [4.78, 5) is 10.8. The molecule has 0 atom stereocenters. The molecular weight excluding hydrogens is 196 g/mol. The number of aromatic carboxylic acids is 1. The van der Waals surface area contributed by atoms with Crippen molar-refractivity contribution in [1.82, 2.24) is 15.0 Å². The summed E-state index contributed by atoms with van der Waals surface area (Å²) in [5.41, 5.74) is 5.94. The molecule has 1 aromatic rings. The van der Waals surface area contributed by atoms with E-state index in [1.807, 2.05) is 0 Å². The van der Waals surface area contributed by atoms with E-state index in [2.05, 4.69) is 17.2 Å². The van der Waals surface area contributed by atoms with Gasteiger partial charge in [-0.3, -0.25) is 0 Å². The van der Waals surface area contributed by atoms with Gasteiger partial charge in [-0.05, 0) is 6.42 Å². The van der Waals surface area contributed by atoms with E-state index in [9.17, 15) is 4.79 Å². The molecule has 0 aromatic carbocycles. The largest absolute Gasteiger partial charge is 0.476 e. The summed E-state index contributed by atoms with van der Waals surface area (Å²) >= 11 is 0. The Morgan fingerprint density at radius 2 is 2.27 bits per heavy atom. The van der Waals surface area contributed by atoms with Gasteiger partial charge < -0.3 is 10.8 Å². The van der Waals surface area contributed by atoms with E-state index >= 15 is 0 Å². The van der Waals surface area contributed by atoms with Crippen molar-refractivity contribution in [2.45, 2.75) is 39.3 Å². The summed E-state index contributed by atoms with van der Waals surface area (Å²) in [6, 6.07) is 0. The number of hydrogen-bond donors (Lipinski definition) is 2. The van der Waals surface area contributed by atoms with E-state index in [4.69, 9.17) is 10.8 Å². The van der Waals surface area contributed by atoms with E-state index in [-0.39, 0.29) is 12.2 Å². The van der Waals surface area contributed by atoms with Gasteiger partial charge in [0.2, 0.25) is 0 Å². The van der Waals surface area contributed by atoms with Crippen LogP contribution in [-0.4, -0.2) is 26.1 Å². The van der Waals surface area contributed by atoms with Crippen LogP contribution in [0.15, 0.2) is 0 Å². The van der Waals surface area contributed by atoms with Crippen LogP contribution in [0.25, 0.3) is 0 Å². The van der Waals surface area contributed by atoms with Gasteiger partial charge in [0.15, 0.2) is 5.69 Å². The normalized spacial score (nSPS) is 10.5. The molecule has 0 unspecified atom stereocenters. The predicted molar refractivity (Wildman–Crippen MR) is 54.4 cm³/mol. The summed E-state index contributed by atoms with van der Waals surface area (Å²) in [6.07, 6.45) is 3.16. The van der Waals surface area contributed by atoms with Crippen LogP contribution in [0.3, 0.4) is 0 Å². The second-order valence-electron chi connectivity index (χ2n) is 3.32. The van der Waals surface area contributed by atoms with Crippen molar-refractivity contribution in [3.8, 4) is 0 Å². The first-order chi connectivity index (χ1) is 7.20. The Labute approximate surface area is 88.1 Å². The maximum atomic E-state index is 10.8. The number of carbonyl (C=O) groups is 1. The Kier molecular flexibility index (Phi) is 4.23. The first kappa shape index (κ1) is 11.6. The summed E-state index contributed by atoms with van der Waals surface area (Å²) in [5, 5.41) is 16.2. The quantitative estimate of drug-likeness (QED) is 0.674. The number of hydrogen-bond acceptors (Lipinski definition) is 4. The predicted octanol–water partition coefficient (Wildman–Crippen LogP) is 0.625. The van der Waals surface area contributed by atoms with Gasteiger partial charge >= 0.3 is 5.97 Å². The second kappa shape index (κ2) is 5.45. The maximum Gasteiger partial charge on any atom is 0.358 e. The molecule has 0 saturated heterocycles. The zero-order chi connectivity index (χ0) is 11.3. The number of nitrogens with zero attached hydrogens (tertiary/aromatic N) is 3. The lowest BCUT2D eigenvalue weighted by Gasteiger charge is -2.03. The molecule has 0 fully saturated rings. The van der Waals surface area contributed by atoms with Gasteiger partial charge in [0.1, 0.15) is 0 Å². The number of aromatic nitrogens is 3. The molecule has 0 aliphatic carbocycles. The minimum Gasteiger partial charge on any atom is -0.476 e. The molecule has 0 amide bonds. The van der Waals surface area contributed by atoms with Crippen molar-refractivity contribution >= 4 is 5.97 Å². The Morgan fingerprint density at radius 3 is 2.80 bits per heavy atom. The molecule has 15 heavy (non-hydrogen) atoms. The molecule has 3 N–H and O–H groups in total. The standard InChI is InChI=1S/C9H16N4O2/c1-2-3-4-5-13-7(6-10)8(9(14)15)11-12-13/h2-6,10H2,1H3,(H,14,15). The topological polar surface area (TPSA) is 94.0 Å². The lowest BCUT2D eigenvalue weighted by molar-refractivity contribution is 0.0689. The van der Waals surface area contributed by atoms with Gasteiger partial charge in [-0.25, -0.2) is 9.48 Å². The van der Waals surface area contributed by atoms with Crippen molar-refractivity contribution < 1.29 is 9.90 Å². The maximum absolute atomic E-state index is 10.8. The Bertz CT molecular complexity index is 335. The lowest BCUT2D eigenvalue weighted by Crippen LogP contribution is -2.12. The molecule has 0 aliphatic heterocycles. The average molecular weight is 212 g/mol. The van der Waals surface area contributed by atoms with Crippen molar-refractivity contribution in [2.75, 3.05) is 0 Å². The minimum absolute atomic E-state index is 0.0333. The third-order valence-electron chi connectivity index (χ3n) is 2.21. The van der Waals surface area contributed by atoms with E-state index in [0.717, 1.165) is 19.3 Å². The van der Waals surface area contributed by atoms with Crippen LogP contribution in [0.4, 0.5) is 0 Å². The second-order valence-corrected chi connectivity index (χ2v) is 3.32. The van der Waals surface area contributed by atoms with Gasteiger partial charge in [-0.2, -0.15) is 0 Å². The Balaban J connectivity index is 2.75. The highest BCUT2D eigenvalue weighted by Crippen LogP contribution is 2.06. The fourth-order valence-electron chi connectivity index (χ4n) is 1.39. The van der Waals surface area contributed by atoms with Crippen molar-refractivity contribution in [3.63, 3.8) is 0 Å². The lowest BCUT2D eigenvalue weighted by atomic mass is 10.2. The van der Waals surface area contributed by atoms with Gasteiger partial charge in [-0.1, -0.05) is 25.0 Å². The van der Waals surface area contributed by atoms with Gasteiger partial charge in [0.05, 0.1) is 5.69 Å². The molecule has 0 bridgehead atoms. The molecule has 6 heteroatoms. The van der Waals surface area contributed by atoms with Gasteiger partial charge in [0.25, 0.3) is 0 Å². The third-order valence-corrected chi connectivity index (χ3v) is 2.21. The highest BCUT2D eigenvalue weighted by molar-refractivity contribution is 5.86. The van der Waals surface area contributed by atoms with Gasteiger partial charge in [0, 0.05) is 13.1 Å². The van der Waals surface area contributed by atoms with Crippen LogP contribution in [0, 0.1) is 0 Å². The molecule has 0 aliphatic rings. The molecule has 0 spiro atoms. The van der Waals surface area contributed by atoms with Crippen LogP contribution >= 0.6 is 0 Å². The monoisotopic (exact) mass is 212 g/mol. The SMILES string of the molecule is CCCCCn1nnc(C(=O)O)c1CN. The van der Waals surface area contributed by atoms with Crippen molar-refractivity contribution in [2.24, 2.45) is 5.73 Å². The molecular formula is C9H16N4O2. The van der Waals surface area contributed by atoms with Crippen LogP contribution in [-0.2, 0) is 13.1 Å². The molecule has 0 radical (unpaired) electrons. The first-order valence-electron chi connectivity index (χ1n) is 5.06. The number of carboxylic acids is 1. The Hall–Kier alpha value is -1.43. The summed E-state index contributed by atoms with van der Waals surface area (Å²) in [7, 11) is 0. The van der Waals surface area contributed by atoms with Gasteiger partial charge in [-0.15, -0.1) is 5.10 Å². The third kappa shape index (κ3) is 2.76. The highest BCUT2D eigenvalue weighted by atomic mass is 16.4. The highest BCUT2D eigenvalue weighted by Gasteiger charge is 2.16. The summed E-state index contributed by atoms with van der Waals surface area (Å²) < 4.78 is 1.58. The summed E-state index contributed by atoms with van der Waals surface area (Å²) in [6.45, 7) is 2.94. The number of unbranched alkanes of at least 4 members (excludes halogenated alkanes) is 2. The van der Waals surface area contributed by atoms with Crippen LogP contribution in [0.1, 0.15) is 42.4 Å². The van der Waals surface area contributed by atoms with Crippen LogP contribution in [0.5, 0.6) is 0 Å². The smallest absolute Gasteiger partial charge is 0.358 e. The first-order valence-corrected chi connectivity index (χ1v) is 5.06. The van der Waals surface area contributed by atoms with E-state index in [1.54, 1.807) is 4.68 Å². The van der Waals surface area contributed by atoms with Crippen LogP contribution < -0.4 is 5.73 Å². The fraction of sp³-hybridized carbons (Fsp3) is 0.667. The van der Waals surface area contributed by atoms with E-state index < -0.39 is 5.97 Å². The molecule has 1 aromatic heterocycles. The zero-order valence-electron chi connectivity index (χ0n) is 8.81. The molecule has 84 valence electrons. The van der Waals surface area contributed by atoms with E-state index in [1.165, 1.54) is 0 Å². The number of aryl methyl sites for hydroxylation is 1. The van der Waals surface area contributed by atoms with Crippen molar-refractivity contribution in [1.29, 1.82) is 0 Å². The molecule has 0 saturated carbocycles. The number of nitrogens with two attached hydrogens (primary N) is 1. The minimum atomic E-state index is -1.07. The summed E-state index contributed by atoms with van der Waals surface area (Å²) in [5.74, 6) is -1.07. The van der Waals surface area contributed by atoms with E-state index in [0.29, 0.717) is 12.2 Å². The molecule has 1 heterocycles. The fourth-order valence-corrected chi connectivity index (χ4v) is 1.39. The average Bonchev–Trinajstić information content (AvgIpc) is 2.61. The van der Waals surface area contributed by atoms with Crippen molar-refractivity contribution in [3.05, 3.63) is 11.4 Å². The number of rotatable bonds is 6. The molecule has 1 rings (SSSR count).